The second-order valence-corrected chi connectivity index (χ2v) is 5.64. The Balaban J connectivity index is 1.94. The highest BCUT2D eigenvalue weighted by molar-refractivity contribution is 7.21. The molecule has 0 radical (unpaired) electrons. The van der Waals surface area contributed by atoms with Gasteiger partial charge >= 0.3 is 6.18 Å². The van der Waals surface area contributed by atoms with Crippen LogP contribution in [0.15, 0.2) is 54.6 Å². The van der Waals surface area contributed by atoms with E-state index < -0.39 is 11.7 Å². The number of hydrogen-bond acceptors (Lipinski definition) is 2. The van der Waals surface area contributed by atoms with E-state index in [9.17, 15) is 18.0 Å². The molecule has 3 aromatic rings. The summed E-state index contributed by atoms with van der Waals surface area (Å²) in [4.78, 5) is 12.8. The lowest BCUT2D eigenvalue weighted by Crippen LogP contribution is -2.06. The Kier molecular flexibility index (Phi) is 3.29. The summed E-state index contributed by atoms with van der Waals surface area (Å²) in [5.41, 5.74) is -0.495. The van der Waals surface area contributed by atoms with Gasteiger partial charge in [0.1, 0.15) is 0 Å². The standard InChI is InChI=1S/C16H9F3OS/c17-16(18,19)12-7-5-10(6-8-12)15(20)14-9-11-3-1-2-4-13(11)21-14/h1-9H. The Morgan fingerprint density at radius 2 is 1.62 bits per heavy atom. The Morgan fingerprint density at radius 3 is 2.24 bits per heavy atom. The number of carbonyl (C=O) groups excluding carboxylic acids is 1. The summed E-state index contributed by atoms with van der Waals surface area (Å²) in [5, 5.41) is 0.956. The summed E-state index contributed by atoms with van der Waals surface area (Å²) >= 11 is 1.34. The second-order valence-electron chi connectivity index (χ2n) is 4.55. The molecule has 0 aliphatic heterocycles. The predicted molar refractivity (Wildman–Crippen MR) is 76.7 cm³/mol. The smallest absolute Gasteiger partial charge is 0.288 e. The van der Waals surface area contributed by atoms with E-state index >= 15 is 0 Å². The van der Waals surface area contributed by atoms with Crippen molar-refractivity contribution >= 4 is 27.2 Å². The Labute approximate surface area is 122 Å². The highest BCUT2D eigenvalue weighted by Crippen LogP contribution is 2.30. The minimum absolute atomic E-state index is 0.259. The zero-order valence-corrected chi connectivity index (χ0v) is 11.5. The summed E-state index contributed by atoms with van der Waals surface area (Å²) < 4.78 is 38.5. The van der Waals surface area contributed by atoms with Gasteiger partial charge < -0.3 is 0 Å². The summed E-state index contributed by atoms with van der Waals surface area (Å²) in [7, 11) is 0. The van der Waals surface area contributed by atoms with E-state index in [2.05, 4.69) is 0 Å². The van der Waals surface area contributed by atoms with Gasteiger partial charge in [-0.05, 0) is 29.7 Å². The molecule has 0 spiro atoms. The number of halogens is 3. The summed E-state index contributed by atoms with van der Waals surface area (Å²) in [5.74, 6) is -0.259. The van der Waals surface area contributed by atoms with E-state index in [-0.39, 0.29) is 11.3 Å². The fourth-order valence-electron chi connectivity index (χ4n) is 2.05. The van der Waals surface area contributed by atoms with Crippen molar-refractivity contribution in [3.05, 3.63) is 70.6 Å². The molecule has 0 fully saturated rings. The molecule has 0 N–H and O–H groups in total. The van der Waals surface area contributed by atoms with E-state index in [0.29, 0.717) is 4.88 Å². The van der Waals surface area contributed by atoms with Crippen LogP contribution in [0.25, 0.3) is 10.1 Å². The zero-order chi connectivity index (χ0) is 15.0. The first-order valence-corrected chi connectivity index (χ1v) is 6.97. The third kappa shape index (κ3) is 2.69. The van der Waals surface area contributed by atoms with Gasteiger partial charge in [-0.15, -0.1) is 11.3 Å². The van der Waals surface area contributed by atoms with Gasteiger partial charge in [-0.25, -0.2) is 0 Å². The molecule has 21 heavy (non-hydrogen) atoms. The molecular weight excluding hydrogens is 297 g/mol. The van der Waals surface area contributed by atoms with Gasteiger partial charge in [0.15, 0.2) is 0 Å². The highest BCUT2D eigenvalue weighted by Gasteiger charge is 2.30. The second kappa shape index (κ2) is 5.00. The van der Waals surface area contributed by atoms with Crippen molar-refractivity contribution in [3.8, 4) is 0 Å². The number of hydrogen-bond donors (Lipinski definition) is 0. The minimum Gasteiger partial charge on any atom is -0.288 e. The van der Waals surface area contributed by atoms with Gasteiger partial charge in [0.25, 0.3) is 0 Å². The van der Waals surface area contributed by atoms with Crippen LogP contribution in [0, 0.1) is 0 Å². The number of alkyl halides is 3. The maximum atomic E-state index is 12.5. The van der Waals surface area contributed by atoms with E-state index in [0.717, 1.165) is 22.2 Å². The van der Waals surface area contributed by atoms with E-state index in [1.54, 1.807) is 6.07 Å². The average Bonchev–Trinajstić information content (AvgIpc) is 2.89. The maximum absolute atomic E-state index is 12.5. The van der Waals surface area contributed by atoms with Crippen molar-refractivity contribution in [2.45, 2.75) is 6.18 Å². The van der Waals surface area contributed by atoms with Crippen LogP contribution in [0.3, 0.4) is 0 Å². The van der Waals surface area contributed by atoms with Crippen LogP contribution in [-0.4, -0.2) is 5.78 Å². The van der Waals surface area contributed by atoms with Crippen molar-refractivity contribution in [3.63, 3.8) is 0 Å². The Hall–Kier alpha value is -2.14. The van der Waals surface area contributed by atoms with Gasteiger partial charge in [-0.3, -0.25) is 4.79 Å². The third-order valence-corrected chi connectivity index (χ3v) is 4.24. The van der Waals surface area contributed by atoms with Gasteiger partial charge in [-0.2, -0.15) is 13.2 Å². The maximum Gasteiger partial charge on any atom is 0.416 e. The van der Waals surface area contributed by atoms with Crippen LogP contribution >= 0.6 is 11.3 Å². The van der Waals surface area contributed by atoms with Crippen LogP contribution in [0.5, 0.6) is 0 Å². The molecule has 0 aliphatic rings. The molecule has 3 rings (SSSR count). The van der Waals surface area contributed by atoms with Crippen molar-refractivity contribution < 1.29 is 18.0 Å². The zero-order valence-electron chi connectivity index (χ0n) is 10.6. The molecule has 2 aromatic carbocycles. The molecular formula is C16H9F3OS. The molecule has 1 nitrogen and oxygen atoms in total. The van der Waals surface area contributed by atoms with E-state index in [4.69, 9.17) is 0 Å². The van der Waals surface area contributed by atoms with Gasteiger partial charge in [0.2, 0.25) is 5.78 Å². The lowest BCUT2D eigenvalue weighted by Gasteiger charge is -2.06. The van der Waals surface area contributed by atoms with Gasteiger partial charge in [0, 0.05) is 10.3 Å². The Bertz CT molecular complexity index is 767. The number of carbonyl (C=O) groups is 1. The van der Waals surface area contributed by atoms with Crippen LogP contribution in [0.2, 0.25) is 0 Å². The molecule has 1 heterocycles. The molecule has 0 bridgehead atoms. The molecule has 106 valence electrons. The van der Waals surface area contributed by atoms with Crippen molar-refractivity contribution in [1.29, 1.82) is 0 Å². The molecule has 0 saturated heterocycles. The lowest BCUT2D eigenvalue weighted by molar-refractivity contribution is -0.137. The van der Waals surface area contributed by atoms with Crippen LogP contribution in [0.1, 0.15) is 20.8 Å². The van der Waals surface area contributed by atoms with Gasteiger partial charge in [0.05, 0.1) is 10.4 Å². The summed E-state index contributed by atoms with van der Waals surface area (Å²) in [6, 6.07) is 13.6. The number of ketones is 1. The van der Waals surface area contributed by atoms with Crippen molar-refractivity contribution in [2.75, 3.05) is 0 Å². The van der Waals surface area contributed by atoms with Crippen LogP contribution in [-0.2, 0) is 6.18 Å². The van der Waals surface area contributed by atoms with E-state index in [1.807, 2.05) is 24.3 Å². The first kappa shape index (κ1) is 13.8. The predicted octanol–water partition coefficient (Wildman–Crippen LogP) is 5.15. The molecule has 0 aliphatic carbocycles. The monoisotopic (exact) mass is 306 g/mol. The summed E-state index contributed by atoms with van der Waals surface area (Å²) in [6.45, 7) is 0. The number of benzene rings is 2. The highest BCUT2D eigenvalue weighted by atomic mass is 32.1. The van der Waals surface area contributed by atoms with Gasteiger partial charge in [-0.1, -0.05) is 30.3 Å². The summed E-state index contributed by atoms with van der Waals surface area (Å²) in [6.07, 6.45) is -4.39. The van der Waals surface area contributed by atoms with Crippen molar-refractivity contribution in [2.24, 2.45) is 0 Å². The fourth-order valence-corrected chi connectivity index (χ4v) is 3.07. The number of rotatable bonds is 2. The first-order chi connectivity index (χ1) is 9.95. The molecule has 0 amide bonds. The minimum atomic E-state index is -4.39. The lowest BCUT2D eigenvalue weighted by atomic mass is 10.1. The van der Waals surface area contributed by atoms with Crippen molar-refractivity contribution in [1.82, 2.24) is 0 Å². The molecule has 5 heteroatoms. The Morgan fingerprint density at radius 1 is 0.952 bits per heavy atom. The van der Waals surface area contributed by atoms with E-state index in [1.165, 1.54) is 23.5 Å². The topological polar surface area (TPSA) is 17.1 Å². The molecule has 0 unspecified atom stereocenters. The van der Waals surface area contributed by atoms with Crippen LogP contribution in [0.4, 0.5) is 13.2 Å². The largest absolute Gasteiger partial charge is 0.416 e. The molecule has 1 aromatic heterocycles. The quantitative estimate of drug-likeness (QED) is 0.598. The van der Waals surface area contributed by atoms with Crippen LogP contribution < -0.4 is 0 Å². The third-order valence-electron chi connectivity index (χ3n) is 3.12. The first-order valence-electron chi connectivity index (χ1n) is 6.16. The fraction of sp³-hybridized carbons (Fsp3) is 0.0625. The number of fused-ring (bicyclic) bond motifs is 1. The molecule has 0 atom stereocenters. The SMILES string of the molecule is O=C(c1ccc(C(F)(F)F)cc1)c1cc2ccccc2s1. The normalized spacial score (nSPS) is 11.8. The average molecular weight is 306 g/mol. The molecule has 0 saturated carbocycles. The number of thiophene rings is 1.